The Bertz CT molecular complexity index is 685. The fourth-order valence-corrected chi connectivity index (χ4v) is 1.93. The SMILES string of the molecule is Nc1ccc2[nH+]c(-c3ccccc3N)[nH]c2c1. The molecule has 0 bridgehead atoms. The van der Waals surface area contributed by atoms with Crippen LogP contribution in [-0.4, -0.2) is 4.98 Å². The molecule has 4 heteroatoms. The lowest BCUT2D eigenvalue weighted by molar-refractivity contribution is -0.330. The lowest BCUT2D eigenvalue weighted by Crippen LogP contribution is -2.04. The van der Waals surface area contributed by atoms with Crippen molar-refractivity contribution in [1.82, 2.24) is 4.98 Å². The molecule has 0 aliphatic heterocycles. The van der Waals surface area contributed by atoms with E-state index >= 15 is 0 Å². The van der Waals surface area contributed by atoms with E-state index in [9.17, 15) is 0 Å². The molecule has 0 aliphatic carbocycles. The van der Waals surface area contributed by atoms with Crippen molar-refractivity contribution >= 4 is 22.4 Å². The van der Waals surface area contributed by atoms with Gasteiger partial charge in [-0.05, 0) is 24.3 Å². The number of aromatic amines is 2. The molecule has 0 saturated carbocycles. The molecule has 0 fully saturated rings. The number of H-pyrrole nitrogens is 2. The van der Waals surface area contributed by atoms with Gasteiger partial charge in [0.2, 0.25) is 0 Å². The van der Waals surface area contributed by atoms with Crippen LogP contribution < -0.4 is 16.5 Å². The van der Waals surface area contributed by atoms with Gasteiger partial charge >= 0.3 is 0 Å². The van der Waals surface area contributed by atoms with Gasteiger partial charge in [0.05, 0.1) is 5.56 Å². The number of nitrogen functional groups attached to an aromatic ring is 2. The molecule has 3 rings (SSSR count). The highest BCUT2D eigenvalue weighted by molar-refractivity contribution is 5.80. The fraction of sp³-hybridized carbons (Fsp3) is 0. The summed E-state index contributed by atoms with van der Waals surface area (Å²) in [6.07, 6.45) is 0. The smallest absolute Gasteiger partial charge is 0.287 e. The number of imidazole rings is 1. The minimum Gasteiger partial charge on any atom is -0.399 e. The van der Waals surface area contributed by atoms with Gasteiger partial charge in [-0.3, -0.25) is 0 Å². The Labute approximate surface area is 98.3 Å². The molecular formula is C13H13N4+. The molecule has 0 spiro atoms. The van der Waals surface area contributed by atoms with Gasteiger partial charge in [-0.25, -0.2) is 9.97 Å². The fourth-order valence-electron chi connectivity index (χ4n) is 1.93. The normalized spacial score (nSPS) is 10.8. The molecule has 0 unspecified atom stereocenters. The van der Waals surface area contributed by atoms with Gasteiger partial charge in [0, 0.05) is 17.4 Å². The number of anilines is 2. The van der Waals surface area contributed by atoms with Gasteiger partial charge in [-0.15, -0.1) is 0 Å². The number of hydrogen-bond acceptors (Lipinski definition) is 2. The van der Waals surface area contributed by atoms with Crippen molar-refractivity contribution in [3.8, 4) is 11.4 Å². The summed E-state index contributed by atoms with van der Waals surface area (Å²) in [4.78, 5) is 6.57. The van der Waals surface area contributed by atoms with Crippen LogP contribution in [0.3, 0.4) is 0 Å². The molecule has 0 aliphatic rings. The maximum atomic E-state index is 5.94. The van der Waals surface area contributed by atoms with Crippen LogP contribution in [0.25, 0.3) is 22.4 Å². The van der Waals surface area contributed by atoms with E-state index in [1.54, 1.807) is 0 Å². The highest BCUT2D eigenvalue weighted by Gasteiger charge is 2.14. The molecular weight excluding hydrogens is 212 g/mol. The van der Waals surface area contributed by atoms with Crippen LogP contribution in [0.2, 0.25) is 0 Å². The summed E-state index contributed by atoms with van der Waals surface area (Å²) in [7, 11) is 0. The van der Waals surface area contributed by atoms with E-state index < -0.39 is 0 Å². The van der Waals surface area contributed by atoms with Crippen LogP contribution in [0.15, 0.2) is 42.5 Å². The molecule has 6 N–H and O–H groups in total. The number of rotatable bonds is 1. The number of para-hydroxylation sites is 1. The minimum atomic E-state index is 0.736. The maximum absolute atomic E-state index is 5.94. The summed E-state index contributed by atoms with van der Waals surface area (Å²) in [6, 6.07) is 13.4. The Balaban J connectivity index is 2.22. The van der Waals surface area contributed by atoms with Crippen molar-refractivity contribution in [1.29, 1.82) is 0 Å². The molecule has 1 aromatic heterocycles. The Kier molecular flexibility index (Phi) is 2.01. The van der Waals surface area contributed by atoms with Crippen LogP contribution in [-0.2, 0) is 0 Å². The second kappa shape index (κ2) is 3.52. The first-order valence-electron chi connectivity index (χ1n) is 5.39. The summed E-state index contributed by atoms with van der Waals surface area (Å²) in [6.45, 7) is 0. The highest BCUT2D eigenvalue weighted by Crippen LogP contribution is 2.23. The summed E-state index contributed by atoms with van der Waals surface area (Å²) >= 11 is 0. The van der Waals surface area contributed by atoms with Gasteiger partial charge < -0.3 is 11.5 Å². The monoisotopic (exact) mass is 225 g/mol. The quantitative estimate of drug-likeness (QED) is 0.552. The zero-order chi connectivity index (χ0) is 11.8. The second-order valence-electron chi connectivity index (χ2n) is 4.02. The van der Waals surface area contributed by atoms with E-state index in [1.165, 1.54) is 0 Å². The zero-order valence-electron chi connectivity index (χ0n) is 9.20. The number of nitrogens with one attached hydrogen (secondary N) is 2. The van der Waals surface area contributed by atoms with Crippen LogP contribution in [0.5, 0.6) is 0 Å². The van der Waals surface area contributed by atoms with Crippen molar-refractivity contribution in [2.75, 3.05) is 11.5 Å². The van der Waals surface area contributed by atoms with E-state index in [-0.39, 0.29) is 0 Å². The number of fused-ring (bicyclic) bond motifs is 1. The lowest BCUT2D eigenvalue weighted by Gasteiger charge is -1.96. The van der Waals surface area contributed by atoms with Gasteiger partial charge in [-0.2, -0.15) is 0 Å². The molecule has 3 aromatic rings. The minimum absolute atomic E-state index is 0.736. The van der Waals surface area contributed by atoms with E-state index in [1.807, 2.05) is 42.5 Å². The largest absolute Gasteiger partial charge is 0.399 e. The summed E-state index contributed by atoms with van der Waals surface area (Å²) < 4.78 is 0. The van der Waals surface area contributed by atoms with E-state index in [0.717, 1.165) is 33.8 Å². The standard InChI is InChI=1S/C13H12N4/c14-8-5-6-11-12(7-8)17-13(16-11)9-3-1-2-4-10(9)15/h1-7H,14-15H2,(H,16,17)/p+1. The highest BCUT2D eigenvalue weighted by atomic mass is 14.9. The van der Waals surface area contributed by atoms with Gasteiger partial charge in [0.1, 0.15) is 0 Å². The number of nitrogens with two attached hydrogens (primary N) is 2. The van der Waals surface area contributed by atoms with Crippen molar-refractivity contribution < 1.29 is 4.98 Å². The van der Waals surface area contributed by atoms with Crippen molar-refractivity contribution in [2.45, 2.75) is 0 Å². The van der Waals surface area contributed by atoms with Gasteiger partial charge in [0.25, 0.3) is 5.82 Å². The van der Waals surface area contributed by atoms with E-state index in [0.29, 0.717) is 0 Å². The number of aromatic nitrogens is 2. The van der Waals surface area contributed by atoms with E-state index in [4.69, 9.17) is 11.5 Å². The van der Waals surface area contributed by atoms with Crippen LogP contribution in [0, 0.1) is 0 Å². The molecule has 0 radical (unpaired) electrons. The molecule has 17 heavy (non-hydrogen) atoms. The predicted molar refractivity (Wildman–Crippen MR) is 69.1 cm³/mol. The Morgan fingerprint density at radius 2 is 1.82 bits per heavy atom. The van der Waals surface area contributed by atoms with E-state index in [2.05, 4.69) is 9.97 Å². The van der Waals surface area contributed by atoms with Crippen LogP contribution in [0.4, 0.5) is 11.4 Å². The molecule has 0 saturated heterocycles. The first kappa shape index (κ1) is 9.72. The summed E-state index contributed by atoms with van der Waals surface area (Å²) in [5, 5.41) is 0. The predicted octanol–water partition coefficient (Wildman–Crippen LogP) is 1.81. The number of benzene rings is 2. The maximum Gasteiger partial charge on any atom is 0.287 e. The average Bonchev–Trinajstić information content (AvgIpc) is 2.72. The van der Waals surface area contributed by atoms with Crippen molar-refractivity contribution in [3.05, 3.63) is 42.5 Å². The van der Waals surface area contributed by atoms with Crippen LogP contribution >= 0.6 is 0 Å². The van der Waals surface area contributed by atoms with Crippen molar-refractivity contribution in [2.24, 2.45) is 0 Å². The molecule has 84 valence electrons. The third-order valence-electron chi connectivity index (χ3n) is 2.79. The molecule has 0 amide bonds. The average molecular weight is 225 g/mol. The topological polar surface area (TPSA) is 82.0 Å². The Hall–Kier alpha value is -2.49. The lowest BCUT2D eigenvalue weighted by atomic mass is 10.2. The Morgan fingerprint density at radius 3 is 2.65 bits per heavy atom. The summed E-state index contributed by atoms with van der Waals surface area (Å²) in [5.41, 5.74) is 16.1. The first-order chi connectivity index (χ1) is 8.24. The Morgan fingerprint density at radius 1 is 1.00 bits per heavy atom. The molecule has 4 nitrogen and oxygen atoms in total. The van der Waals surface area contributed by atoms with Crippen molar-refractivity contribution in [3.63, 3.8) is 0 Å². The molecule has 0 atom stereocenters. The number of hydrogen-bond donors (Lipinski definition) is 3. The molecule has 1 heterocycles. The van der Waals surface area contributed by atoms with Crippen LogP contribution in [0.1, 0.15) is 0 Å². The molecule has 2 aromatic carbocycles. The van der Waals surface area contributed by atoms with Gasteiger partial charge in [0.15, 0.2) is 11.0 Å². The first-order valence-corrected chi connectivity index (χ1v) is 5.39. The second-order valence-corrected chi connectivity index (χ2v) is 4.02. The zero-order valence-corrected chi connectivity index (χ0v) is 9.20. The third kappa shape index (κ3) is 1.59. The summed E-state index contributed by atoms with van der Waals surface area (Å²) in [5.74, 6) is 0.892. The van der Waals surface area contributed by atoms with Gasteiger partial charge in [-0.1, -0.05) is 12.1 Å². The third-order valence-corrected chi connectivity index (χ3v) is 2.79.